The summed E-state index contributed by atoms with van der Waals surface area (Å²) in [7, 11) is 0. The molecular weight excluding hydrogens is 406 g/mol. The van der Waals surface area contributed by atoms with Gasteiger partial charge in [-0.1, -0.05) is 29.9 Å². The van der Waals surface area contributed by atoms with Gasteiger partial charge in [0.05, 0.1) is 10.2 Å². The summed E-state index contributed by atoms with van der Waals surface area (Å²) in [6, 6.07) is 16.7. The van der Waals surface area contributed by atoms with Crippen LogP contribution in [0.25, 0.3) is 10.2 Å². The quantitative estimate of drug-likeness (QED) is 0.494. The van der Waals surface area contributed by atoms with E-state index in [-0.39, 0.29) is 0 Å². The van der Waals surface area contributed by atoms with Gasteiger partial charge in [0.15, 0.2) is 0 Å². The summed E-state index contributed by atoms with van der Waals surface area (Å²) in [6.45, 7) is 6.74. The lowest BCUT2D eigenvalue weighted by molar-refractivity contribution is 0.0858. The van der Waals surface area contributed by atoms with Crippen molar-refractivity contribution in [1.29, 1.82) is 0 Å². The van der Waals surface area contributed by atoms with Crippen molar-refractivity contribution >= 4 is 21.6 Å². The van der Waals surface area contributed by atoms with Gasteiger partial charge in [0.25, 0.3) is 5.19 Å². The molecule has 3 heterocycles. The molecule has 0 aliphatic carbocycles. The molecule has 2 aliphatic rings. The molecule has 0 saturated carbocycles. The second kappa shape index (κ2) is 9.98. The predicted molar refractivity (Wildman–Crippen MR) is 127 cm³/mol. The highest BCUT2D eigenvalue weighted by molar-refractivity contribution is 7.20. The van der Waals surface area contributed by atoms with Gasteiger partial charge in [-0.15, -0.1) is 0 Å². The van der Waals surface area contributed by atoms with Crippen LogP contribution in [0, 0.1) is 0 Å². The number of aromatic nitrogens is 1. The first-order valence-corrected chi connectivity index (χ1v) is 12.4. The van der Waals surface area contributed by atoms with Gasteiger partial charge in [-0.05, 0) is 88.3 Å². The third-order valence-electron chi connectivity index (χ3n) is 6.44. The van der Waals surface area contributed by atoms with Crippen LogP contribution in [0.4, 0.5) is 0 Å². The average Bonchev–Trinajstić information content (AvgIpc) is 3.24. The fourth-order valence-electron chi connectivity index (χ4n) is 4.68. The molecule has 2 aliphatic heterocycles. The van der Waals surface area contributed by atoms with Crippen LogP contribution < -0.4 is 9.47 Å². The number of fused-ring (bicyclic) bond motifs is 1. The van der Waals surface area contributed by atoms with E-state index in [0.29, 0.717) is 5.19 Å². The normalized spacial score (nSPS) is 19.0. The molecule has 0 unspecified atom stereocenters. The van der Waals surface area contributed by atoms with Crippen LogP contribution in [0.2, 0.25) is 0 Å². The smallest absolute Gasteiger partial charge is 0.279 e. The topological polar surface area (TPSA) is 37.8 Å². The van der Waals surface area contributed by atoms with E-state index in [9.17, 15) is 0 Å². The molecule has 6 heteroatoms. The van der Waals surface area contributed by atoms with Crippen LogP contribution in [0.5, 0.6) is 16.7 Å². The van der Waals surface area contributed by atoms with Crippen molar-refractivity contribution in [3.63, 3.8) is 0 Å². The van der Waals surface area contributed by atoms with Gasteiger partial charge in [0.2, 0.25) is 0 Å². The number of hydrogen-bond acceptors (Lipinski definition) is 6. The third-order valence-corrected chi connectivity index (χ3v) is 7.36. The summed E-state index contributed by atoms with van der Waals surface area (Å²) >= 11 is 1.56. The van der Waals surface area contributed by atoms with E-state index in [1.807, 2.05) is 42.5 Å². The van der Waals surface area contributed by atoms with Gasteiger partial charge in [-0.25, -0.2) is 4.98 Å². The first-order valence-electron chi connectivity index (χ1n) is 11.6. The summed E-state index contributed by atoms with van der Waals surface area (Å²) in [5.41, 5.74) is 0.974. The van der Waals surface area contributed by atoms with E-state index in [0.717, 1.165) is 40.9 Å². The molecule has 2 saturated heterocycles. The van der Waals surface area contributed by atoms with Crippen molar-refractivity contribution in [2.24, 2.45) is 0 Å². The first kappa shape index (κ1) is 20.7. The van der Waals surface area contributed by atoms with Gasteiger partial charge < -0.3 is 14.4 Å². The first-order chi connectivity index (χ1) is 15.3. The maximum Gasteiger partial charge on any atom is 0.279 e. The Kier molecular flexibility index (Phi) is 6.68. The van der Waals surface area contributed by atoms with Crippen molar-refractivity contribution in [3.05, 3.63) is 48.5 Å². The van der Waals surface area contributed by atoms with Gasteiger partial charge in [-0.2, -0.15) is 0 Å². The van der Waals surface area contributed by atoms with Crippen molar-refractivity contribution in [1.82, 2.24) is 14.8 Å². The molecule has 164 valence electrons. The van der Waals surface area contributed by atoms with Crippen molar-refractivity contribution in [3.8, 4) is 16.7 Å². The fourth-order valence-corrected chi connectivity index (χ4v) is 5.52. The molecule has 2 fully saturated rings. The maximum atomic E-state index is 5.98. The Bertz CT molecular complexity index is 927. The van der Waals surface area contributed by atoms with Crippen molar-refractivity contribution in [2.45, 2.75) is 38.1 Å². The lowest BCUT2D eigenvalue weighted by Gasteiger charge is -2.40. The molecule has 0 bridgehead atoms. The summed E-state index contributed by atoms with van der Waals surface area (Å²) < 4.78 is 13.0. The molecule has 0 amide bonds. The number of ether oxygens (including phenoxy) is 2. The molecule has 0 spiro atoms. The molecule has 0 N–H and O–H groups in total. The highest BCUT2D eigenvalue weighted by Gasteiger charge is 2.25. The van der Waals surface area contributed by atoms with Gasteiger partial charge in [0.1, 0.15) is 18.1 Å². The molecule has 3 aromatic rings. The highest BCUT2D eigenvalue weighted by atomic mass is 32.1. The second-order valence-corrected chi connectivity index (χ2v) is 9.53. The zero-order chi connectivity index (χ0) is 20.9. The van der Waals surface area contributed by atoms with Crippen molar-refractivity contribution in [2.75, 3.05) is 39.3 Å². The number of piperidine rings is 2. The minimum absolute atomic E-state index is 0.669. The number of likely N-dealkylation sites (tertiary alicyclic amines) is 2. The van der Waals surface area contributed by atoms with E-state index >= 15 is 0 Å². The minimum atomic E-state index is 0.669. The van der Waals surface area contributed by atoms with Crippen LogP contribution in [0.15, 0.2) is 48.5 Å². The maximum absolute atomic E-state index is 5.98. The number of nitrogens with zero attached hydrogens (tertiary/aromatic N) is 3. The summed E-state index contributed by atoms with van der Waals surface area (Å²) in [4.78, 5) is 9.80. The summed E-state index contributed by atoms with van der Waals surface area (Å²) in [5, 5.41) is 0.669. The van der Waals surface area contributed by atoms with Crippen LogP contribution >= 0.6 is 11.3 Å². The Morgan fingerprint density at radius 3 is 2.39 bits per heavy atom. The number of hydrogen-bond donors (Lipinski definition) is 0. The lowest BCUT2D eigenvalue weighted by atomic mass is 10.00. The Morgan fingerprint density at radius 2 is 1.61 bits per heavy atom. The van der Waals surface area contributed by atoms with E-state index in [2.05, 4.69) is 20.9 Å². The Morgan fingerprint density at radius 1 is 0.871 bits per heavy atom. The lowest BCUT2D eigenvalue weighted by Crippen LogP contribution is -2.47. The molecule has 0 radical (unpaired) electrons. The Labute approximate surface area is 188 Å². The Balaban J connectivity index is 1.05. The average molecular weight is 438 g/mol. The molecule has 0 atom stereocenters. The van der Waals surface area contributed by atoms with Crippen LogP contribution in [-0.4, -0.2) is 60.2 Å². The SMILES string of the molecule is c1ccc2sc(Oc3ccc(OCCN4CCC(N5CCCCC5)CC4)cc3)nc2c1. The van der Waals surface area contributed by atoms with Crippen LogP contribution in [0.1, 0.15) is 32.1 Å². The summed E-state index contributed by atoms with van der Waals surface area (Å²) in [5.74, 6) is 1.67. The molecule has 2 aromatic carbocycles. The monoisotopic (exact) mass is 437 g/mol. The Hall–Kier alpha value is -2.15. The highest BCUT2D eigenvalue weighted by Crippen LogP contribution is 2.31. The fraction of sp³-hybridized carbons (Fsp3) is 0.480. The zero-order valence-corrected chi connectivity index (χ0v) is 18.9. The zero-order valence-electron chi connectivity index (χ0n) is 18.0. The van der Waals surface area contributed by atoms with E-state index in [1.54, 1.807) is 11.3 Å². The third kappa shape index (κ3) is 5.37. The predicted octanol–water partition coefficient (Wildman–Crippen LogP) is 5.42. The summed E-state index contributed by atoms with van der Waals surface area (Å²) in [6.07, 6.45) is 6.80. The molecule has 1 aromatic heterocycles. The van der Waals surface area contributed by atoms with E-state index < -0.39 is 0 Å². The van der Waals surface area contributed by atoms with E-state index in [1.165, 1.54) is 58.3 Å². The second-order valence-electron chi connectivity index (χ2n) is 8.54. The van der Waals surface area contributed by atoms with Gasteiger partial charge in [-0.3, -0.25) is 4.90 Å². The van der Waals surface area contributed by atoms with Crippen LogP contribution in [-0.2, 0) is 0 Å². The largest absolute Gasteiger partial charge is 0.492 e. The van der Waals surface area contributed by atoms with Gasteiger partial charge >= 0.3 is 0 Å². The number of benzene rings is 2. The molecule has 5 rings (SSSR count). The number of rotatable bonds is 7. The van der Waals surface area contributed by atoms with Crippen molar-refractivity contribution < 1.29 is 9.47 Å². The molecule has 31 heavy (non-hydrogen) atoms. The van der Waals surface area contributed by atoms with Gasteiger partial charge in [0, 0.05) is 12.6 Å². The standard InChI is InChI=1S/C25H31N3O2S/c1-4-14-28(15-5-1)20-12-16-27(17-13-20)18-19-29-21-8-10-22(11-9-21)30-25-26-23-6-2-3-7-24(23)31-25/h2-3,6-11,20H,1,4-5,12-19H2. The van der Waals surface area contributed by atoms with E-state index in [4.69, 9.17) is 9.47 Å². The molecule has 5 nitrogen and oxygen atoms in total. The number of para-hydroxylation sites is 1. The molecular formula is C25H31N3O2S. The minimum Gasteiger partial charge on any atom is -0.492 e. The number of thiazole rings is 1. The van der Waals surface area contributed by atoms with Crippen LogP contribution in [0.3, 0.4) is 0 Å².